The number of nitrogens with zero attached hydrogens (tertiary/aromatic N) is 3. The number of aromatic amines is 1. The molecule has 0 bridgehead atoms. The van der Waals surface area contributed by atoms with Crippen molar-refractivity contribution in [3.8, 4) is 5.69 Å². The number of hydrogen-bond donors (Lipinski definition) is 1. The molecule has 6 nitrogen and oxygen atoms in total. The molecule has 5 rings (SSSR count). The van der Waals surface area contributed by atoms with E-state index in [0.29, 0.717) is 15.9 Å². The average molecular weight is 352 g/mol. The van der Waals surface area contributed by atoms with Gasteiger partial charge in [0.05, 0.1) is 16.6 Å². The number of fused-ring (bicyclic) bond motifs is 4. The van der Waals surface area contributed by atoms with Gasteiger partial charge in [0.2, 0.25) is 0 Å². The van der Waals surface area contributed by atoms with Crippen LogP contribution < -0.4 is 11.2 Å². The predicted octanol–water partition coefficient (Wildman–Crippen LogP) is 2.51. The molecule has 1 aliphatic rings. The quantitative estimate of drug-likeness (QED) is 0.572. The van der Waals surface area contributed by atoms with Gasteiger partial charge in [0.15, 0.2) is 0 Å². The Balaban J connectivity index is 1.82. The fourth-order valence-electron chi connectivity index (χ4n) is 3.75. The molecule has 0 atom stereocenters. The van der Waals surface area contributed by atoms with Gasteiger partial charge in [-0.05, 0) is 49.4 Å². The van der Waals surface area contributed by atoms with Crippen LogP contribution in [0.1, 0.15) is 23.3 Å². The molecule has 7 heteroatoms. The Hall–Kier alpha value is -2.67. The van der Waals surface area contributed by atoms with Gasteiger partial charge in [-0.2, -0.15) is 5.10 Å². The highest BCUT2D eigenvalue weighted by Gasteiger charge is 2.21. The standard InChI is InChI=1S/C18H16N4O2S/c1-21-9-10-8-11(6-7-13(10)20-21)22-17(23)15-12-4-2-3-5-14(12)25-16(15)19-18(22)24/h6-9H,2-5H2,1H3,(H,19,24). The molecule has 1 N–H and O–H groups in total. The van der Waals surface area contributed by atoms with Gasteiger partial charge in [0.1, 0.15) is 4.83 Å². The molecule has 25 heavy (non-hydrogen) atoms. The van der Waals surface area contributed by atoms with Gasteiger partial charge in [-0.15, -0.1) is 11.3 Å². The van der Waals surface area contributed by atoms with Crippen LogP contribution in [0.4, 0.5) is 0 Å². The molecular weight excluding hydrogens is 336 g/mol. The SMILES string of the molecule is Cn1cc2cc(-n3c(=O)[nH]c4sc5c(c4c3=O)CCCC5)ccc2n1. The minimum Gasteiger partial charge on any atom is -0.298 e. The lowest BCUT2D eigenvalue weighted by Gasteiger charge is -2.10. The number of nitrogens with one attached hydrogen (secondary N) is 1. The Morgan fingerprint density at radius 3 is 2.92 bits per heavy atom. The minimum absolute atomic E-state index is 0.221. The summed E-state index contributed by atoms with van der Waals surface area (Å²) < 4.78 is 2.97. The number of aryl methyl sites for hydroxylation is 3. The predicted molar refractivity (Wildman–Crippen MR) is 99.0 cm³/mol. The maximum absolute atomic E-state index is 13.2. The van der Waals surface area contributed by atoms with E-state index in [1.807, 2.05) is 25.4 Å². The van der Waals surface area contributed by atoms with Crippen LogP contribution in [0.5, 0.6) is 0 Å². The van der Waals surface area contributed by atoms with Gasteiger partial charge in [0.25, 0.3) is 5.56 Å². The largest absolute Gasteiger partial charge is 0.334 e. The van der Waals surface area contributed by atoms with E-state index in [-0.39, 0.29) is 11.2 Å². The zero-order valence-electron chi connectivity index (χ0n) is 13.7. The van der Waals surface area contributed by atoms with Gasteiger partial charge >= 0.3 is 5.69 Å². The third-order valence-corrected chi connectivity index (χ3v) is 6.08. The normalized spacial score (nSPS) is 14.3. The summed E-state index contributed by atoms with van der Waals surface area (Å²) >= 11 is 1.56. The fourth-order valence-corrected chi connectivity index (χ4v) is 5.02. The van der Waals surface area contributed by atoms with E-state index in [4.69, 9.17) is 0 Å². The second kappa shape index (κ2) is 5.16. The molecule has 126 valence electrons. The lowest BCUT2D eigenvalue weighted by molar-refractivity contribution is 0.699. The zero-order valence-corrected chi connectivity index (χ0v) is 14.5. The van der Waals surface area contributed by atoms with Crippen LogP contribution >= 0.6 is 11.3 Å². The first-order valence-electron chi connectivity index (χ1n) is 8.35. The van der Waals surface area contributed by atoms with Crippen molar-refractivity contribution < 1.29 is 0 Å². The van der Waals surface area contributed by atoms with Crippen molar-refractivity contribution in [3.05, 3.63) is 55.7 Å². The Bertz CT molecular complexity index is 1260. The highest BCUT2D eigenvalue weighted by molar-refractivity contribution is 7.18. The lowest BCUT2D eigenvalue weighted by atomic mass is 9.97. The van der Waals surface area contributed by atoms with Gasteiger partial charge in [-0.1, -0.05) is 0 Å². The van der Waals surface area contributed by atoms with E-state index in [9.17, 15) is 9.59 Å². The lowest BCUT2D eigenvalue weighted by Crippen LogP contribution is -2.33. The summed E-state index contributed by atoms with van der Waals surface area (Å²) in [7, 11) is 1.85. The highest BCUT2D eigenvalue weighted by Crippen LogP contribution is 2.33. The molecule has 0 radical (unpaired) electrons. The first-order chi connectivity index (χ1) is 12.1. The first-order valence-corrected chi connectivity index (χ1v) is 9.17. The van der Waals surface area contributed by atoms with Crippen LogP contribution in [0.25, 0.3) is 26.8 Å². The molecule has 0 amide bonds. The van der Waals surface area contributed by atoms with Crippen LogP contribution in [0.15, 0.2) is 34.0 Å². The Morgan fingerprint density at radius 2 is 2.04 bits per heavy atom. The van der Waals surface area contributed by atoms with Crippen LogP contribution in [-0.2, 0) is 19.9 Å². The Kier molecular flexibility index (Phi) is 3.03. The molecule has 3 aromatic heterocycles. The Labute approximate surface area is 146 Å². The molecule has 4 aromatic rings. The third kappa shape index (κ3) is 2.12. The van der Waals surface area contributed by atoms with E-state index < -0.39 is 0 Å². The summed E-state index contributed by atoms with van der Waals surface area (Å²) in [5.41, 5.74) is 1.93. The summed E-state index contributed by atoms with van der Waals surface area (Å²) in [6, 6.07) is 5.45. The highest BCUT2D eigenvalue weighted by atomic mass is 32.1. The first kappa shape index (κ1) is 14.7. The van der Waals surface area contributed by atoms with Crippen LogP contribution in [0.3, 0.4) is 0 Å². The third-order valence-electron chi connectivity index (χ3n) is 4.87. The number of H-pyrrole nitrogens is 1. The van der Waals surface area contributed by atoms with Crippen molar-refractivity contribution in [1.82, 2.24) is 19.3 Å². The summed E-state index contributed by atoms with van der Waals surface area (Å²) in [6.45, 7) is 0. The summed E-state index contributed by atoms with van der Waals surface area (Å²) in [5.74, 6) is 0. The number of rotatable bonds is 1. The second-order valence-corrected chi connectivity index (χ2v) is 7.64. The zero-order chi connectivity index (χ0) is 17.1. The molecule has 0 saturated carbocycles. The maximum atomic E-state index is 13.2. The number of thiophene rings is 1. The topological polar surface area (TPSA) is 72.7 Å². The van der Waals surface area contributed by atoms with Crippen LogP contribution in [0.2, 0.25) is 0 Å². The van der Waals surface area contributed by atoms with E-state index >= 15 is 0 Å². The molecule has 3 heterocycles. The van der Waals surface area contributed by atoms with Crippen molar-refractivity contribution in [2.45, 2.75) is 25.7 Å². The number of aromatic nitrogens is 4. The van der Waals surface area contributed by atoms with Crippen molar-refractivity contribution in [3.63, 3.8) is 0 Å². The van der Waals surface area contributed by atoms with Crippen molar-refractivity contribution in [1.29, 1.82) is 0 Å². The van der Waals surface area contributed by atoms with Crippen molar-refractivity contribution in [2.75, 3.05) is 0 Å². The fraction of sp³-hybridized carbons (Fsp3) is 0.278. The molecule has 0 aliphatic heterocycles. The maximum Gasteiger partial charge on any atom is 0.334 e. The minimum atomic E-state index is -0.390. The van der Waals surface area contributed by atoms with Gasteiger partial charge < -0.3 is 0 Å². The molecule has 0 fully saturated rings. The summed E-state index contributed by atoms with van der Waals surface area (Å²) in [6.07, 6.45) is 6.04. The van der Waals surface area contributed by atoms with Crippen molar-refractivity contribution >= 4 is 32.5 Å². The molecule has 1 aliphatic carbocycles. The van der Waals surface area contributed by atoms with Crippen LogP contribution in [0, 0.1) is 0 Å². The second-order valence-electron chi connectivity index (χ2n) is 6.53. The number of benzene rings is 1. The average Bonchev–Trinajstić information content (AvgIpc) is 3.13. The smallest absolute Gasteiger partial charge is 0.298 e. The Morgan fingerprint density at radius 1 is 1.20 bits per heavy atom. The van der Waals surface area contributed by atoms with Gasteiger partial charge in [-0.25, -0.2) is 9.36 Å². The molecular formula is C18H16N4O2S. The monoisotopic (exact) mass is 352 g/mol. The molecule has 0 saturated heterocycles. The van der Waals surface area contributed by atoms with Gasteiger partial charge in [0, 0.05) is 23.5 Å². The molecule has 1 aromatic carbocycles. The number of hydrogen-bond acceptors (Lipinski definition) is 4. The van der Waals surface area contributed by atoms with Crippen LogP contribution in [-0.4, -0.2) is 19.3 Å². The summed E-state index contributed by atoms with van der Waals surface area (Å²) in [4.78, 5) is 30.6. The summed E-state index contributed by atoms with van der Waals surface area (Å²) in [5, 5.41) is 5.92. The van der Waals surface area contributed by atoms with E-state index in [0.717, 1.165) is 42.1 Å². The van der Waals surface area contributed by atoms with Gasteiger partial charge in [-0.3, -0.25) is 14.5 Å². The van der Waals surface area contributed by atoms with E-state index in [1.54, 1.807) is 22.1 Å². The van der Waals surface area contributed by atoms with E-state index in [2.05, 4.69) is 10.1 Å². The van der Waals surface area contributed by atoms with E-state index in [1.165, 1.54) is 9.44 Å². The molecule has 0 spiro atoms. The van der Waals surface area contributed by atoms with Crippen molar-refractivity contribution in [2.24, 2.45) is 7.05 Å². The molecule has 0 unspecified atom stereocenters.